The number of non-ortho nitro benzene ring substituents is 1. The summed E-state index contributed by atoms with van der Waals surface area (Å²) in [4.78, 5) is 29.4. The Balaban J connectivity index is 1.68. The number of thiazole rings is 1. The smallest absolute Gasteiger partial charge is 0.271 e. The number of rotatable bonds is 6. The van der Waals surface area contributed by atoms with Gasteiger partial charge in [-0.2, -0.15) is 0 Å². The van der Waals surface area contributed by atoms with Crippen LogP contribution in [0, 0.1) is 17.0 Å². The Bertz CT molecular complexity index is 969. The quantitative estimate of drug-likeness (QED) is 0.510. The summed E-state index contributed by atoms with van der Waals surface area (Å²) in [7, 11) is 1.86. The van der Waals surface area contributed by atoms with Crippen LogP contribution in [0.2, 0.25) is 0 Å². The van der Waals surface area contributed by atoms with Crippen molar-refractivity contribution in [2.24, 2.45) is 0 Å². The molecule has 1 atom stereocenters. The summed E-state index contributed by atoms with van der Waals surface area (Å²) >= 11 is 1.61. The summed E-state index contributed by atoms with van der Waals surface area (Å²) in [6.07, 6.45) is 0. The van der Waals surface area contributed by atoms with E-state index in [1.165, 1.54) is 12.1 Å². The van der Waals surface area contributed by atoms with Gasteiger partial charge in [-0.3, -0.25) is 19.8 Å². The van der Waals surface area contributed by atoms with Gasteiger partial charge in [-0.15, -0.1) is 11.3 Å². The van der Waals surface area contributed by atoms with Crippen LogP contribution in [-0.2, 0) is 4.79 Å². The molecule has 0 saturated carbocycles. The first kappa shape index (κ1) is 18.9. The molecule has 0 aliphatic carbocycles. The van der Waals surface area contributed by atoms with E-state index in [1.54, 1.807) is 24.3 Å². The number of carbonyl (C=O) groups excluding carboxylic acids is 1. The molecular weight excluding hydrogens is 364 g/mol. The fourth-order valence-corrected chi connectivity index (χ4v) is 3.75. The van der Waals surface area contributed by atoms with Gasteiger partial charge in [0.2, 0.25) is 5.91 Å². The molecule has 1 heterocycles. The fourth-order valence-electron chi connectivity index (χ4n) is 2.67. The third-order valence-corrected chi connectivity index (χ3v) is 5.63. The number of benzene rings is 2. The van der Waals surface area contributed by atoms with Crippen molar-refractivity contribution >= 4 is 38.8 Å². The molecule has 8 heteroatoms. The summed E-state index contributed by atoms with van der Waals surface area (Å²) in [6.45, 7) is 3.95. The first-order valence-electron chi connectivity index (χ1n) is 8.45. The number of amides is 1. The summed E-state index contributed by atoms with van der Waals surface area (Å²) in [5.41, 5.74) is 2.13. The average Bonchev–Trinajstić information content (AvgIpc) is 3.06. The van der Waals surface area contributed by atoms with Gasteiger partial charge in [0.1, 0.15) is 5.01 Å². The number of nitrogens with zero attached hydrogens (tertiary/aromatic N) is 3. The van der Waals surface area contributed by atoms with E-state index in [4.69, 9.17) is 0 Å². The lowest BCUT2D eigenvalue weighted by molar-refractivity contribution is -0.384. The minimum absolute atomic E-state index is 0.0284. The van der Waals surface area contributed by atoms with Crippen LogP contribution in [0.5, 0.6) is 0 Å². The molecule has 7 nitrogen and oxygen atoms in total. The van der Waals surface area contributed by atoms with Crippen molar-refractivity contribution in [1.82, 2.24) is 9.88 Å². The highest BCUT2D eigenvalue weighted by Gasteiger charge is 2.19. The van der Waals surface area contributed by atoms with Gasteiger partial charge in [-0.25, -0.2) is 4.98 Å². The predicted octanol–water partition coefficient (Wildman–Crippen LogP) is 4.14. The molecule has 0 saturated heterocycles. The highest BCUT2D eigenvalue weighted by molar-refractivity contribution is 7.18. The number of hydrogen-bond acceptors (Lipinski definition) is 6. The molecule has 27 heavy (non-hydrogen) atoms. The maximum atomic E-state index is 12.4. The topological polar surface area (TPSA) is 88.4 Å². The molecule has 1 N–H and O–H groups in total. The van der Waals surface area contributed by atoms with Crippen molar-refractivity contribution in [3.05, 3.63) is 63.1 Å². The van der Waals surface area contributed by atoms with E-state index in [2.05, 4.69) is 10.3 Å². The largest absolute Gasteiger partial charge is 0.324 e. The van der Waals surface area contributed by atoms with Crippen LogP contribution < -0.4 is 5.32 Å². The zero-order valence-corrected chi connectivity index (χ0v) is 16.1. The predicted molar refractivity (Wildman–Crippen MR) is 107 cm³/mol. The lowest BCUT2D eigenvalue weighted by atomic mass is 10.2. The van der Waals surface area contributed by atoms with Gasteiger partial charge in [0.25, 0.3) is 5.69 Å². The Kier molecular flexibility index (Phi) is 5.48. The Hall–Kier alpha value is -2.84. The van der Waals surface area contributed by atoms with Crippen LogP contribution in [0.3, 0.4) is 0 Å². The Morgan fingerprint density at radius 3 is 2.78 bits per heavy atom. The molecule has 1 aromatic heterocycles. The van der Waals surface area contributed by atoms with Crippen LogP contribution in [-0.4, -0.2) is 34.3 Å². The number of para-hydroxylation sites is 1. The lowest BCUT2D eigenvalue weighted by Crippen LogP contribution is -2.32. The molecule has 1 amide bonds. The number of fused-ring (bicyclic) bond motifs is 1. The second-order valence-electron chi connectivity index (χ2n) is 6.42. The minimum Gasteiger partial charge on any atom is -0.324 e. The van der Waals surface area contributed by atoms with Gasteiger partial charge in [-0.05, 0) is 38.6 Å². The average molecular weight is 384 g/mol. The molecular formula is C19H20N4O3S. The minimum atomic E-state index is -0.476. The summed E-state index contributed by atoms with van der Waals surface area (Å²) in [5, 5.41) is 14.6. The molecule has 0 spiro atoms. The number of carbonyl (C=O) groups is 1. The molecule has 0 aliphatic heterocycles. The maximum Gasteiger partial charge on any atom is 0.271 e. The standard InChI is InChI=1S/C19H20N4O3S/c1-12-8-9-14(23(25)26)10-16(12)20-18(24)11-22(3)13(2)19-21-15-6-4-5-7-17(15)27-19/h4-10,13H,11H2,1-3H3,(H,20,24)/t13-/m1/s1. The molecule has 0 bridgehead atoms. The van der Waals surface area contributed by atoms with Gasteiger partial charge in [-0.1, -0.05) is 18.2 Å². The van der Waals surface area contributed by atoms with E-state index in [9.17, 15) is 14.9 Å². The highest BCUT2D eigenvalue weighted by atomic mass is 32.1. The monoisotopic (exact) mass is 384 g/mol. The number of likely N-dealkylation sites (N-methyl/N-ethyl adjacent to an activating group) is 1. The molecule has 0 radical (unpaired) electrons. The zero-order valence-electron chi connectivity index (χ0n) is 15.3. The van der Waals surface area contributed by atoms with Gasteiger partial charge in [0.05, 0.1) is 33.4 Å². The number of nitrogens with one attached hydrogen (secondary N) is 1. The second-order valence-corrected chi connectivity index (χ2v) is 7.48. The third kappa shape index (κ3) is 4.29. The summed E-state index contributed by atoms with van der Waals surface area (Å²) < 4.78 is 1.12. The van der Waals surface area contributed by atoms with Gasteiger partial charge in [0.15, 0.2) is 0 Å². The van der Waals surface area contributed by atoms with Crippen LogP contribution >= 0.6 is 11.3 Å². The SMILES string of the molecule is Cc1ccc([N+](=O)[O-])cc1NC(=O)CN(C)[C@H](C)c1nc2ccccc2s1. The lowest BCUT2D eigenvalue weighted by Gasteiger charge is -2.22. The molecule has 3 rings (SSSR count). The fraction of sp³-hybridized carbons (Fsp3) is 0.263. The Morgan fingerprint density at radius 1 is 1.33 bits per heavy atom. The Labute approximate surface area is 160 Å². The van der Waals surface area contributed by atoms with Crippen molar-refractivity contribution in [2.45, 2.75) is 19.9 Å². The van der Waals surface area contributed by atoms with Crippen molar-refractivity contribution < 1.29 is 9.72 Å². The molecule has 3 aromatic rings. The summed E-state index contributed by atoms with van der Waals surface area (Å²) in [6, 6.07) is 12.3. The van der Waals surface area contributed by atoms with Crippen molar-refractivity contribution in [1.29, 1.82) is 0 Å². The third-order valence-electron chi connectivity index (χ3n) is 4.43. The van der Waals surface area contributed by atoms with Crippen LogP contribution in [0.1, 0.15) is 23.5 Å². The molecule has 0 fully saturated rings. The summed E-state index contributed by atoms with van der Waals surface area (Å²) in [5.74, 6) is -0.228. The van der Waals surface area contributed by atoms with Gasteiger partial charge < -0.3 is 5.32 Å². The van der Waals surface area contributed by atoms with E-state index in [0.29, 0.717) is 5.69 Å². The molecule has 140 valence electrons. The number of nitro groups is 1. The number of aryl methyl sites for hydroxylation is 1. The van der Waals surface area contributed by atoms with E-state index in [1.807, 2.05) is 43.1 Å². The van der Waals surface area contributed by atoms with Crippen LogP contribution in [0.15, 0.2) is 42.5 Å². The first-order valence-corrected chi connectivity index (χ1v) is 9.27. The number of hydrogen-bond donors (Lipinski definition) is 1. The number of aromatic nitrogens is 1. The van der Waals surface area contributed by atoms with E-state index >= 15 is 0 Å². The Morgan fingerprint density at radius 2 is 2.07 bits per heavy atom. The van der Waals surface area contributed by atoms with Crippen molar-refractivity contribution in [2.75, 3.05) is 18.9 Å². The van der Waals surface area contributed by atoms with E-state index < -0.39 is 4.92 Å². The van der Waals surface area contributed by atoms with Gasteiger partial charge >= 0.3 is 0 Å². The molecule has 0 unspecified atom stereocenters. The second kappa shape index (κ2) is 7.81. The van der Waals surface area contributed by atoms with Crippen molar-refractivity contribution in [3.8, 4) is 0 Å². The van der Waals surface area contributed by atoms with E-state index in [0.717, 1.165) is 20.8 Å². The van der Waals surface area contributed by atoms with E-state index in [-0.39, 0.29) is 24.2 Å². The van der Waals surface area contributed by atoms with Crippen LogP contribution in [0.4, 0.5) is 11.4 Å². The van der Waals surface area contributed by atoms with Gasteiger partial charge in [0, 0.05) is 12.1 Å². The molecule has 0 aliphatic rings. The number of nitro benzene ring substituents is 1. The van der Waals surface area contributed by atoms with Crippen molar-refractivity contribution in [3.63, 3.8) is 0 Å². The molecule has 2 aromatic carbocycles. The zero-order chi connectivity index (χ0) is 19.6. The normalized spacial score (nSPS) is 12.3. The maximum absolute atomic E-state index is 12.4. The highest BCUT2D eigenvalue weighted by Crippen LogP contribution is 2.29. The first-order chi connectivity index (χ1) is 12.8. The van der Waals surface area contributed by atoms with Crippen LogP contribution in [0.25, 0.3) is 10.2 Å². The number of anilines is 1.